The number of anilines is 1. The molecule has 0 aliphatic rings. The van der Waals surface area contributed by atoms with E-state index in [1.807, 2.05) is 0 Å². The van der Waals surface area contributed by atoms with Gasteiger partial charge < -0.3 is 15.8 Å². The third kappa shape index (κ3) is 4.55. The van der Waals surface area contributed by atoms with E-state index in [9.17, 15) is 9.18 Å². The van der Waals surface area contributed by atoms with Gasteiger partial charge in [0.05, 0.1) is 12.2 Å². The highest BCUT2D eigenvalue weighted by molar-refractivity contribution is 5.98. The highest BCUT2D eigenvalue weighted by Crippen LogP contribution is 2.21. The molecule has 5 nitrogen and oxygen atoms in total. The van der Waals surface area contributed by atoms with Gasteiger partial charge in [0.1, 0.15) is 5.82 Å². The van der Waals surface area contributed by atoms with Crippen LogP contribution in [0.2, 0.25) is 0 Å². The largest absolute Gasteiger partial charge is 0.490 e. The summed E-state index contributed by atoms with van der Waals surface area (Å²) >= 11 is 0. The molecule has 2 rings (SSSR count). The lowest BCUT2D eigenvalue weighted by molar-refractivity contribution is 0.0951. The molecule has 2 aromatic rings. The van der Waals surface area contributed by atoms with Crippen molar-refractivity contribution in [2.75, 3.05) is 12.3 Å². The van der Waals surface area contributed by atoms with E-state index in [0.717, 1.165) is 12.8 Å². The Balaban J connectivity index is 1.98. The lowest BCUT2D eigenvalue weighted by atomic mass is 10.2. The summed E-state index contributed by atoms with van der Waals surface area (Å²) in [6.07, 6.45) is 4.86. The highest BCUT2D eigenvalue weighted by atomic mass is 19.1. The molecule has 0 saturated heterocycles. The second-order valence-corrected chi connectivity index (χ2v) is 5.13. The SMILES string of the molecule is C=CCCCOc1cccc(CNC(=O)c2cccnc2N)c1F. The Kier molecular flexibility index (Phi) is 6.31. The fourth-order valence-corrected chi connectivity index (χ4v) is 2.09. The van der Waals surface area contributed by atoms with Crippen LogP contribution in [0.1, 0.15) is 28.8 Å². The normalized spacial score (nSPS) is 10.2. The maximum Gasteiger partial charge on any atom is 0.255 e. The van der Waals surface area contributed by atoms with Crippen LogP contribution in [0.25, 0.3) is 0 Å². The van der Waals surface area contributed by atoms with Crippen LogP contribution in [-0.2, 0) is 6.54 Å². The number of amides is 1. The van der Waals surface area contributed by atoms with Crippen molar-refractivity contribution in [1.82, 2.24) is 10.3 Å². The average Bonchev–Trinajstić information content (AvgIpc) is 2.59. The first-order valence-corrected chi connectivity index (χ1v) is 7.63. The second-order valence-electron chi connectivity index (χ2n) is 5.13. The molecule has 0 fully saturated rings. The van der Waals surface area contributed by atoms with E-state index in [4.69, 9.17) is 10.5 Å². The number of nitrogens with zero attached hydrogens (tertiary/aromatic N) is 1. The van der Waals surface area contributed by atoms with Gasteiger partial charge in [0.15, 0.2) is 11.6 Å². The molecule has 1 heterocycles. The lowest BCUT2D eigenvalue weighted by Gasteiger charge is -2.11. The van der Waals surface area contributed by atoms with E-state index in [-0.39, 0.29) is 23.7 Å². The van der Waals surface area contributed by atoms with Crippen LogP contribution in [0.15, 0.2) is 49.2 Å². The van der Waals surface area contributed by atoms with Gasteiger partial charge in [0.2, 0.25) is 0 Å². The summed E-state index contributed by atoms with van der Waals surface area (Å²) in [7, 11) is 0. The van der Waals surface area contributed by atoms with Crippen LogP contribution in [0.5, 0.6) is 5.75 Å². The molecule has 126 valence electrons. The summed E-state index contributed by atoms with van der Waals surface area (Å²) in [5.74, 6) is -0.575. The predicted molar refractivity (Wildman–Crippen MR) is 91.1 cm³/mol. The number of hydrogen-bond donors (Lipinski definition) is 2. The van der Waals surface area contributed by atoms with Crippen molar-refractivity contribution < 1.29 is 13.9 Å². The van der Waals surface area contributed by atoms with Crippen LogP contribution >= 0.6 is 0 Å². The molecule has 1 aromatic heterocycles. The number of rotatable bonds is 8. The monoisotopic (exact) mass is 329 g/mol. The van der Waals surface area contributed by atoms with Crippen molar-refractivity contribution >= 4 is 11.7 Å². The fraction of sp³-hybridized carbons (Fsp3) is 0.222. The van der Waals surface area contributed by atoms with Crippen molar-refractivity contribution in [2.45, 2.75) is 19.4 Å². The number of aromatic nitrogens is 1. The van der Waals surface area contributed by atoms with Crippen molar-refractivity contribution in [2.24, 2.45) is 0 Å². The Hall–Kier alpha value is -2.89. The molecule has 0 saturated carbocycles. The van der Waals surface area contributed by atoms with Gasteiger partial charge in [0.25, 0.3) is 5.91 Å². The van der Waals surface area contributed by atoms with Crippen molar-refractivity contribution in [3.05, 3.63) is 66.1 Å². The molecular weight excluding hydrogens is 309 g/mol. The van der Waals surface area contributed by atoms with E-state index >= 15 is 0 Å². The number of pyridine rings is 1. The molecular formula is C18H20FN3O2. The number of benzene rings is 1. The zero-order chi connectivity index (χ0) is 17.4. The maximum absolute atomic E-state index is 14.4. The van der Waals surface area contributed by atoms with Crippen LogP contribution in [0.4, 0.5) is 10.2 Å². The van der Waals surface area contributed by atoms with Crippen molar-refractivity contribution in [3.8, 4) is 5.75 Å². The maximum atomic E-state index is 14.4. The number of hydrogen-bond acceptors (Lipinski definition) is 4. The van der Waals surface area contributed by atoms with Gasteiger partial charge in [-0.15, -0.1) is 6.58 Å². The summed E-state index contributed by atoms with van der Waals surface area (Å²) in [6.45, 7) is 4.06. The quantitative estimate of drug-likeness (QED) is 0.576. The molecule has 0 aliphatic heterocycles. The number of nitrogens with two attached hydrogens (primary N) is 1. The molecule has 1 aromatic carbocycles. The summed E-state index contributed by atoms with van der Waals surface area (Å²) < 4.78 is 19.8. The van der Waals surface area contributed by atoms with Gasteiger partial charge in [-0.1, -0.05) is 18.2 Å². The number of unbranched alkanes of at least 4 members (excludes halogenated alkanes) is 1. The Bertz CT molecular complexity index is 719. The summed E-state index contributed by atoms with van der Waals surface area (Å²) in [6, 6.07) is 8.02. The van der Waals surface area contributed by atoms with Crippen LogP contribution in [0.3, 0.4) is 0 Å². The standard InChI is InChI=1S/C18H20FN3O2/c1-2-3-4-11-24-15-9-5-7-13(16(15)19)12-22-18(23)14-8-6-10-21-17(14)20/h2,5-10H,1,3-4,11-12H2,(H2,20,21)(H,22,23). The summed E-state index contributed by atoms with van der Waals surface area (Å²) in [5.41, 5.74) is 6.25. The Morgan fingerprint density at radius 2 is 2.21 bits per heavy atom. The van der Waals surface area contributed by atoms with Gasteiger partial charge in [-0.05, 0) is 31.0 Å². The van der Waals surface area contributed by atoms with Gasteiger partial charge in [-0.2, -0.15) is 0 Å². The Morgan fingerprint density at radius 3 is 2.96 bits per heavy atom. The molecule has 24 heavy (non-hydrogen) atoms. The first-order valence-electron chi connectivity index (χ1n) is 7.63. The number of nitrogens with one attached hydrogen (secondary N) is 1. The van der Waals surface area contributed by atoms with Crippen molar-refractivity contribution in [3.63, 3.8) is 0 Å². The Labute approximate surface area is 140 Å². The van der Waals surface area contributed by atoms with E-state index < -0.39 is 11.7 Å². The smallest absolute Gasteiger partial charge is 0.255 e. The molecule has 0 unspecified atom stereocenters. The number of carbonyl (C=O) groups is 1. The van der Waals surface area contributed by atoms with Gasteiger partial charge >= 0.3 is 0 Å². The minimum absolute atomic E-state index is 0.0306. The number of ether oxygens (including phenoxy) is 1. The number of allylic oxidation sites excluding steroid dienone is 1. The molecule has 0 spiro atoms. The topological polar surface area (TPSA) is 77.2 Å². The van der Waals surface area contributed by atoms with Crippen LogP contribution in [-0.4, -0.2) is 17.5 Å². The molecule has 6 heteroatoms. The fourth-order valence-electron chi connectivity index (χ4n) is 2.09. The van der Waals surface area contributed by atoms with E-state index in [1.165, 1.54) is 6.20 Å². The van der Waals surface area contributed by atoms with Gasteiger partial charge in [-0.25, -0.2) is 9.37 Å². The Morgan fingerprint density at radius 1 is 1.38 bits per heavy atom. The lowest BCUT2D eigenvalue weighted by Crippen LogP contribution is -2.24. The van der Waals surface area contributed by atoms with E-state index in [1.54, 1.807) is 36.4 Å². The zero-order valence-corrected chi connectivity index (χ0v) is 13.3. The second kappa shape index (κ2) is 8.67. The molecule has 0 atom stereocenters. The molecule has 0 aliphatic carbocycles. The minimum Gasteiger partial charge on any atom is -0.490 e. The molecule has 0 radical (unpaired) electrons. The van der Waals surface area contributed by atoms with E-state index in [0.29, 0.717) is 12.2 Å². The van der Waals surface area contributed by atoms with Crippen molar-refractivity contribution in [1.29, 1.82) is 0 Å². The summed E-state index contributed by atoms with van der Waals surface area (Å²) in [4.78, 5) is 15.9. The average molecular weight is 329 g/mol. The number of nitrogen functional groups attached to an aromatic ring is 1. The highest BCUT2D eigenvalue weighted by Gasteiger charge is 2.13. The zero-order valence-electron chi connectivity index (χ0n) is 13.3. The van der Waals surface area contributed by atoms with Gasteiger partial charge in [-0.3, -0.25) is 4.79 Å². The molecule has 1 amide bonds. The minimum atomic E-state index is -0.476. The van der Waals surface area contributed by atoms with Gasteiger partial charge in [0, 0.05) is 18.3 Å². The van der Waals surface area contributed by atoms with E-state index in [2.05, 4.69) is 16.9 Å². The molecule has 0 bridgehead atoms. The number of halogens is 1. The third-order valence-corrected chi connectivity index (χ3v) is 3.38. The molecule has 3 N–H and O–H groups in total. The van der Waals surface area contributed by atoms with Crippen LogP contribution in [0, 0.1) is 5.82 Å². The first kappa shape index (κ1) is 17.5. The first-order chi connectivity index (χ1) is 11.6. The predicted octanol–water partition coefficient (Wildman–Crippen LogP) is 3.08. The third-order valence-electron chi connectivity index (χ3n) is 3.38. The van der Waals surface area contributed by atoms with Crippen LogP contribution < -0.4 is 15.8 Å². The number of carbonyl (C=O) groups excluding carboxylic acids is 1. The summed E-state index contributed by atoms with van der Waals surface area (Å²) in [5, 5.41) is 2.63.